The van der Waals surface area contributed by atoms with E-state index >= 15 is 0 Å². The van der Waals surface area contributed by atoms with E-state index in [1.54, 1.807) is 0 Å². The Kier molecular flexibility index (Phi) is 9.86. The van der Waals surface area contributed by atoms with Crippen LogP contribution in [0.15, 0.2) is 0 Å². The molecule has 13 heteroatoms. The predicted molar refractivity (Wildman–Crippen MR) is 45.1 cm³/mol. The zero-order chi connectivity index (χ0) is 15.5. The molecule has 0 N–H and O–H groups in total. The van der Waals surface area contributed by atoms with Crippen LogP contribution < -0.4 is 29.6 Å². The molecule has 6 atom stereocenters. The van der Waals surface area contributed by atoms with Gasteiger partial charge in [-0.25, -0.2) is 43.5 Å². The van der Waals surface area contributed by atoms with Crippen LogP contribution in [0, 0.1) is 0 Å². The van der Waals surface area contributed by atoms with Crippen LogP contribution >= 0.6 is 0 Å². The largest absolute Gasteiger partial charge is 1.00 e. The maximum absolute atomic E-state index is 12.8. The second-order valence-electron chi connectivity index (χ2n) is 3.40. The first-order chi connectivity index (χ1) is 8.41. The molecule has 0 heterocycles. The molecular weight excluding hydrogens is 339 g/mol. The van der Waals surface area contributed by atoms with Gasteiger partial charge in [0.2, 0.25) is 5.50 Å². The summed E-state index contributed by atoms with van der Waals surface area (Å²) >= 11 is 0. The molecule has 0 amide bonds. The molecule has 0 saturated carbocycles. The molecule has 0 radical (unpaired) electrons. The maximum Gasteiger partial charge on any atom is 1.00 e. The first-order valence-corrected chi connectivity index (χ1v) is 5.95. The van der Waals surface area contributed by atoms with Gasteiger partial charge >= 0.3 is 29.6 Å². The van der Waals surface area contributed by atoms with Gasteiger partial charge in [-0.15, -0.1) is 0 Å². The average Bonchev–Trinajstić information content (AvgIpc) is 2.31. The Balaban J connectivity index is 0. The van der Waals surface area contributed by atoms with E-state index in [1.807, 2.05) is 0 Å². The average molecular weight is 346 g/mol. The minimum atomic E-state index is -6.01. The Hall–Kier alpha value is 0.350. The molecular formula is C7H7F8NaO3S. The van der Waals surface area contributed by atoms with Gasteiger partial charge in [-0.2, -0.15) is 0 Å². The van der Waals surface area contributed by atoms with Gasteiger partial charge in [0, 0.05) is 0 Å². The van der Waals surface area contributed by atoms with Gasteiger partial charge in [0.1, 0.15) is 10.1 Å². The van der Waals surface area contributed by atoms with Crippen molar-refractivity contribution in [1.29, 1.82) is 0 Å². The Labute approximate surface area is 130 Å². The standard InChI is InChI=1S/C7H8F8O3S.Na/c8-1(2(9)4(11)6(13)14)3(10)5(12)7(15)19(16,17)18;/h1-7H,(H,16,17,18);/q;+1/p-1. The molecule has 0 aliphatic heterocycles. The Morgan fingerprint density at radius 2 is 0.950 bits per heavy atom. The molecule has 0 aromatic heterocycles. The van der Waals surface area contributed by atoms with Crippen LogP contribution in [0.5, 0.6) is 0 Å². The smallest absolute Gasteiger partial charge is 0.746 e. The Morgan fingerprint density at radius 1 is 0.650 bits per heavy atom. The molecule has 0 aliphatic carbocycles. The number of halogens is 8. The first-order valence-electron chi connectivity index (χ1n) is 4.48. The summed E-state index contributed by atoms with van der Waals surface area (Å²) in [5, 5.41) is 0. The van der Waals surface area contributed by atoms with Crippen molar-refractivity contribution < 1.29 is 77.7 Å². The summed E-state index contributed by atoms with van der Waals surface area (Å²) in [6, 6.07) is 0. The van der Waals surface area contributed by atoms with Crippen molar-refractivity contribution >= 4 is 10.1 Å². The monoisotopic (exact) mass is 346 g/mol. The van der Waals surface area contributed by atoms with E-state index in [4.69, 9.17) is 0 Å². The summed E-state index contributed by atoms with van der Waals surface area (Å²) in [6.07, 6.45) is -23.5. The van der Waals surface area contributed by atoms with Crippen LogP contribution in [0.4, 0.5) is 35.1 Å². The summed E-state index contributed by atoms with van der Waals surface area (Å²) in [7, 11) is -6.01. The molecule has 0 spiro atoms. The molecule has 6 unspecified atom stereocenters. The topological polar surface area (TPSA) is 57.2 Å². The zero-order valence-corrected chi connectivity index (χ0v) is 12.5. The van der Waals surface area contributed by atoms with Crippen molar-refractivity contribution in [2.75, 3.05) is 0 Å². The van der Waals surface area contributed by atoms with Gasteiger partial charge in [-0.1, -0.05) is 0 Å². The summed E-state index contributed by atoms with van der Waals surface area (Å²) in [6.45, 7) is 0. The van der Waals surface area contributed by atoms with E-state index in [1.165, 1.54) is 0 Å². The van der Waals surface area contributed by atoms with E-state index in [-0.39, 0.29) is 29.6 Å². The molecule has 3 nitrogen and oxygen atoms in total. The van der Waals surface area contributed by atoms with Crippen molar-refractivity contribution in [1.82, 2.24) is 0 Å². The number of rotatable bonds is 7. The van der Waals surface area contributed by atoms with Gasteiger partial charge < -0.3 is 4.55 Å². The Morgan fingerprint density at radius 3 is 1.25 bits per heavy atom. The maximum atomic E-state index is 12.8. The predicted octanol–water partition coefficient (Wildman–Crippen LogP) is -1.21. The molecule has 0 saturated heterocycles. The quantitative estimate of drug-likeness (QED) is 0.330. The number of hydrogen-bond acceptors (Lipinski definition) is 3. The second kappa shape index (κ2) is 8.71. The van der Waals surface area contributed by atoms with Crippen molar-refractivity contribution in [2.24, 2.45) is 0 Å². The minimum Gasteiger partial charge on any atom is -0.746 e. The van der Waals surface area contributed by atoms with Crippen LogP contribution in [0.25, 0.3) is 0 Å². The van der Waals surface area contributed by atoms with Gasteiger partial charge in [-0.05, 0) is 0 Å². The van der Waals surface area contributed by atoms with E-state index < -0.39 is 52.9 Å². The van der Waals surface area contributed by atoms with Crippen LogP contribution in [-0.2, 0) is 10.1 Å². The summed E-state index contributed by atoms with van der Waals surface area (Å²) < 4.78 is 129. The van der Waals surface area contributed by atoms with Gasteiger partial charge in [0.05, 0.1) is 0 Å². The summed E-state index contributed by atoms with van der Waals surface area (Å²) in [5.74, 6) is 0. The minimum absolute atomic E-state index is 0. The Bertz CT molecular complexity index is 382. The molecule has 20 heavy (non-hydrogen) atoms. The van der Waals surface area contributed by atoms with Crippen molar-refractivity contribution in [2.45, 2.75) is 42.8 Å². The second-order valence-corrected chi connectivity index (χ2v) is 4.84. The van der Waals surface area contributed by atoms with Crippen LogP contribution in [0.2, 0.25) is 0 Å². The van der Waals surface area contributed by atoms with E-state index in [0.717, 1.165) is 0 Å². The molecule has 0 aromatic rings. The van der Waals surface area contributed by atoms with E-state index in [9.17, 15) is 48.1 Å². The van der Waals surface area contributed by atoms with Crippen LogP contribution in [0.1, 0.15) is 0 Å². The summed E-state index contributed by atoms with van der Waals surface area (Å²) in [5.41, 5.74) is -4.07. The third kappa shape index (κ3) is 6.00. The van der Waals surface area contributed by atoms with Crippen LogP contribution in [-0.4, -0.2) is 55.8 Å². The van der Waals surface area contributed by atoms with Crippen molar-refractivity contribution in [3.63, 3.8) is 0 Å². The third-order valence-electron chi connectivity index (χ3n) is 1.98. The molecule has 0 aliphatic rings. The van der Waals surface area contributed by atoms with Crippen LogP contribution in [0.3, 0.4) is 0 Å². The molecule has 0 rings (SSSR count). The SMILES string of the molecule is O=S(=O)([O-])C(F)C(F)C(F)C(F)C(F)C(F)C(F)F.[Na+]. The van der Waals surface area contributed by atoms with E-state index in [2.05, 4.69) is 0 Å². The third-order valence-corrected chi connectivity index (χ3v) is 2.80. The fourth-order valence-corrected chi connectivity index (χ4v) is 1.44. The fraction of sp³-hybridized carbons (Fsp3) is 1.00. The zero-order valence-electron chi connectivity index (χ0n) is 9.70. The fourth-order valence-electron chi connectivity index (χ4n) is 0.970. The molecule has 0 aromatic carbocycles. The van der Waals surface area contributed by atoms with Crippen molar-refractivity contribution in [3.05, 3.63) is 0 Å². The summed E-state index contributed by atoms with van der Waals surface area (Å²) in [4.78, 5) is 0. The normalized spacial score (nSPS) is 21.5. The van der Waals surface area contributed by atoms with E-state index in [0.29, 0.717) is 0 Å². The first kappa shape index (κ1) is 22.6. The molecule has 0 bridgehead atoms. The number of hydrogen-bond donors (Lipinski definition) is 0. The van der Waals surface area contributed by atoms with Gasteiger partial charge in [0.25, 0.3) is 6.43 Å². The van der Waals surface area contributed by atoms with Gasteiger partial charge in [-0.3, -0.25) is 0 Å². The molecule has 0 fully saturated rings. The molecule has 116 valence electrons. The van der Waals surface area contributed by atoms with Gasteiger partial charge in [0.15, 0.2) is 30.9 Å². The number of alkyl halides is 8. The van der Waals surface area contributed by atoms with Crippen molar-refractivity contribution in [3.8, 4) is 0 Å².